The van der Waals surface area contributed by atoms with Gasteiger partial charge in [0.1, 0.15) is 5.65 Å². The number of H-pyrrole nitrogens is 1. The number of hydrogen-bond acceptors (Lipinski definition) is 5. The number of aliphatic hydroxyl groups is 1. The van der Waals surface area contributed by atoms with Crippen LogP contribution in [0.3, 0.4) is 0 Å². The minimum Gasteiger partial charge on any atom is -0.372 e. The molecule has 4 N–H and O–H groups in total. The monoisotopic (exact) mass is 399 g/mol. The Bertz CT molecular complexity index is 1160. The Balaban J connectivity index is 1.44. The summed E-state index contributed by atoms with van der Waals surface area (Å²) in [5.74, 6) is 0. The van der Waals surface area contributed by atoms with Crippen molar-refractivity contribution in [1.29, 1.82) is 0 Å². The van der Waals surface area contributed by atoms with Gasteiger partial charge in [0.25, 0.3) is 0 Å². The molecule has 3 aromatic heterocycles. The normalized spacial score (nSPS) is 18.5. The SMILES string of the molecule is NC1CCCN(C(O)c2cccc(-c3cnc4[nH]c(-c5ccccc5)cc4c3)n2)C1. The predicted molar refractivity (Wildman–Crippen MR) is 119 cm³/mol. The van der Waals surface area contributed by atoms with Gasteiger partial charge in [0.05, 0.1) is 11.4 Å². The molecule has 1 fully saturated rings. The van der Waals surface area contributed by atoms with Gasteiger partial charge in [-0.3, -0.25) is 4.90 Å². The third-order valence-electron chi connectivity index (χ3n) is 5.72. The summed E-state index contributed by atoms with van der Waals surface area (Å²) in [6.45, 7) is 1.52. The van der Waals surface area contributed by atoms with Crippen LogP contribution in [0, 0.1) is 0 Å². The highest BCUT2D eigenvalue weighted by Gasteiger charge is 2.24. The second-order valence-electron chi connectivity index (χ2n) is 7.93. The number of fused-ring (bicyclic) bond motifs is 1. The molecule has 4 aromatic rings. The minimum absolute atomic E-state index is 0.107. The Morgan fingerprint density at radius 3 is 2.77 bits per heavy atom. The Labute approximate surface area is 175 Å². The van der Waals surface area contributed by atoms with E-state index in [1.807, 2.05) is 47.5 Å². The summed E-state index contributed by atoms with van der Waals surface area (Å²) < 4.78 is 0. The largest absolute Gasteiger partial charge is 0.372 e. The van der Waals surface area contributed by atoms with Gasteiger partial charge >= 0.3 is 0 Å². The summed E-state index contributed by atoms with van der Waals surface area (Å²) >= 11 is 0. The number of nitrogens with one attached hydrogen (secondary N) is 1. The number of pyridine rings is 2. The highest BCUT2D eigenvalue weighted by atomic mass is 16.3. The first-order chi connectivity index (χ1) is 14.7. The third-order valence-corrected chi connectivity index (χ3v) is 5.72. The number of hydrogen-bond donors (Lipinski definition) is 3. The van der Waals surface area contributed by atoms with Gasteiger partial charge in [0.2, 0.25) is 0 Å². The summed E-state index contributed by atoms with van der Waals surface area (Å²) in [4.78, 5) is 14.7. The van der Waals surface area contributed by atoms with Gasteiger partial charge < -0.3 is 15.8 Å². The van der Waals surface area contributed by atoms with Crippen LogP contribution in [0.25, 0.3) is 33.5 Å². The van der Waals surface area contributed by atoms with E-state index in [0.717, 1.165) is 52.9 Å². The van der Waals surface area contributed by atoms with Crippen molar-refractivity contribution in [1.82, 2.24) is 19.9 Å². The maximum atomic E-state index is 10.8. The second-order valence-corrected chi connectivity index (χ2v) is 7.93. The van der Waals surface area contributed by atoms with Crippen LogP contribution in [0.15, 0.2) is 66.9 Å². The lowest BCUT2D eigenvalue weighted by atomic mass is 10.1. The van der Waals surface area contributed by atoms with Crippen molar-refractivity contribution in [3.05, 3.63) is 72.6 Å². The fourth-order valence-corrected chi connectivity index (χ4v) is 4.13. The Kier molecular flexibility index (Phi) is 5.04. The van der Waals surface area contributed by atoms with Crippen molar-refractivity contribution in [3.8, 4) is 22.5 Å². The molecule has 0 bridgehead atoms. The molecule has 2 unspecified atom stereocenters. The maximum absolute atomic E-state index is 10.8. The fourth-order valence-electron chi connectivity index (χ4n) is 4.13. The molecule has 0 saturated carbocycles. The van der Waals surface area contributed by atoms with Crippen molar-refractivity contribution in [2.75, 3.05) is 13.1 Å². The molecule has 1 aromatic carbocycles. The lowest BCUT2D eigenvalue weighted by molar-refractivity contribution is -0.0172. The molecule has 5 rings (SSSR count). The minimum atomic E-state index is -0.745. The maximum Gasteiger partial charge on any atom is 0.150 e. The van der Waals surface area contributed by atoms with Crippen LogP contribution in [0.4, 0.5) is 0 Å². The summed E-state index contributed by atoms with van der Waals surface area (Å²) in [6, 6.07) is 20.2. The summed E-state index contributed by atoms with van der Waals surface area (Å²) in [5.41, 5.74) is 11.4. The van der Waals surface area contributed by atoms with Crippen molar-refractivity contribution in [3.63, 3.8) is 0 Å². The van der Waals surface area contributed by atoms with E-state index >= 15 is 0 Å². The van der Waals surface area contributed by atoms with E-state index < -0.39 is 6.23 Å². The molecule has 1 saturated heterocycles. The molecule has 0 spiro atoms. The van der Waals surface area contributed by atoms with Crippen molar-refractivity contribution < 1.29 is 5.11 Å². The van der Waals surface area contributed by atoms with E-state index in [1.165, 1.54) is 0 Å². The molecule has 30 heavy (non-hydrogen) atoms. The Morgan fingerprint density at radius 1 is 1.07 bits per heavy atom. The first kappa shape index (κ1) is 18.9. The molecular formula is C24H25N5O. The van der Waals surface area contributed by atoms with E-state index in [1.54, 1.807) is 0 Å². The highest BCUT2D eigenvalue weighted by Crippen LogP contribution is 2.28. The van der Waals surface area contributed by atoms with Crippen LogP contribution in [0.5, 0.6) is 0 Å². The van der Waals surface area contributed by atoms with Crippen LogP contribution < -0.4 is 5.73 Å². The number of aliphatic hydroxyl groups excluding tert-OH is 1. The van der Waals surface area contributed by atoms with Crippen LogP contribution in [-0.2, 0) is 0 Å². The summed E-state index contributed by atoms with van der Waals surface area (Å²) in [7, 11) is 0. The zero-order valence-corrected chi connectivity index (χ0v) is 16.7. The average molecular weight is 399 g/mol. The van der Waals surface area contributed by atoms with E-state index in [2.05, 4.69) is 34.2 Å². The third kappa shape index (κ3) is 3.73. The molecule has 1 aliphatic heterocycles. The number of piperidine rings is 1. The van der Waals surface area contributed by atoms with Gasteiger partial charge in [-0.2, -0.15) is 0 Å². The zero-order valence-electron chi connectivity index (χ0n) is 16.7. The number of rotatable bonds is 4. The van der Waals surface area contributed by atoms with E-state index in [0.29, 0.717) is 12.2 Å². The number of benzene rings is 1. The molecule has 0 amide bonds. The molecular weight excluding hydrogens is 374 g/mol. The topological polar surface area (TPSA) is 91.1 Å². The number of aromatic amines is 1. The molecule has 2 atom stereocenters. The molecule has 1 aliphatic rings. The standard InChI is InChI=1S/C24H25N5O/c25-19-8-5-11-29(15-19)24(30)21-10-4-9-20(27-21)18-12-17-13-22(28-23(17)26-14-18)16-6-2-1-3-7-16/h1-4,6-7,9-10,12-14,19,24,30H,5,8,11,15,25H2,(H,26,28). The number of likely N-dealkylation sites (tertiary alicyclic amines) is 1. The molecule has 6 nitrogen and oxygen atoms in total. The molecule has 4 heterocycles. The van der Waals surface area contributed by atoms with Gasteiger partial charge in [-0.25, -0.2) is 9.97 Å². The van der Waals surface area contributed by atoms with E-state index in [4.69, 9.17) is 10.7 Å². The molecule has 152 valence electrons. The Hall–Kier alpha value is -3.06. The molecule has 0 aliphatic carbocycles. The van der Waals surface area contributed by atoms with Crippen molar-refractivity contribution >= 4 is 11.0 Å². The molecule has 0 radical (unpaired) electrons. The van der Waals surface area contributed by atoms with Crippen LogP contribution in [0.1, 0.15) is 24.8 Å². The number of nitrogens with two attached hydrogens (primary N) is 1. The number of nitrogens with zero attached hydrogens (tertiary/aromatic N) is 3. The quantitative estimate of drug-likeness (QED) is 0.487. The zero-order chi connectivity index (χ0) is 20.5. The number of aromatic nitrogens is 3. The van der Waals surface area contributed by atoms with E-state index in [9.17, 15) is 5.11 Å². The Morgan fingerprint density at radius 2 is 1.93 bits per heavy atom. The first-order valence-electron chi connectivity index (χ1n) is 10.4. The molecule has 6 heteroatoms. The van der Waals surface area contributed by atoms with Gasteiger partial charge in [-0.15, -0.1) is 0 Å². The van der Waals surface area contributed by atoms with Gasteiger partial charge in [-0.05, 0) is 42.7 Å². The van der Waals surface area contributed by atoms with Crippen LogP contribution >= 0.6 is 0 Å². The van der Waals surface area contributed by atoms with Crippen LogP contribution in [0.2, 0.25) is 0 Å². The van der Waals surface area contributed by atoms with E-state index in [-0.39, 0.29) is 6.04 Å². The predicted octanol–water partition coefficient (Wildman–Crippen LogP) is 3.71. The highest BCUT2D eigenvalue weighted by molar-refractivity contribution is 5.86. The van der Waals surface area contributed by atoms with Crippen molar-refractivity contribution in [2.45, 2.75) is 25.1 Å². The van der Waals surface area contributed by atoms with Crippen LogP contribution in [-0.4, -0.2) is 44.1 Å². The lowest BCUT2D eigenvalue weighted by Gasteiger charge is -2.34. The summed E-state index contributed by atoms with van der Waals surface area (Å²) in [6.07, 6.45) is 3.08. The van der Waals surface area contributed by atoms with Gasteiger partial charge in [0, 0.05) is 42.0 Å². The fraction of sp³-hybridized carbons (Fsp3) is 0.250. The van der Waals surface area contributed by atoms with Gasteiger partial charge in [0.15, 0.2) is 6.23 Å². The second kappa shape index (κ2) is 7.99. The van der Waals surface area contributed by atoms with Gasteiger partial charge in [-0.1, -0.05) is 36.4 Å². The van der Waals surface area contributed by atoms with Crippen molar-refractivity contribution in [2.24, 2.45) is 5.73 Å². The lowest BCUT2D eigenvalue weighted by Crippen LogP contribution is -2.44. The average Bonchev–Trinajstić information content (AvgIpc) is 3.23. The summed E-state index contributed by atoms with van der Waals surface area (Å²) in [5, 5.41) is 11.9. The smallest absolute Gasteiger partial charge is 0.150 e. The first-order valence-corrected chi connectivity index (χ1v) is 10.4.